The second kappa shape index (κ2) is 9.48. The van der Waals surface area contributed by atoms with E-state index in [1.165, 1.54) is 0 Å². The van der Waals surface area contributed by atoms with Gasteiger partial charge in [-0.1, -0.05) is 18.2 Å². The fourth-order valence-electron chi connectivity index (χ4n) is 2.99. The average molecular weight is 439 g/mol. The molecule has 1 saturated heterocycles. The van der Waals surface area contributed by atoms with E-state index in [0.29, 0.717) is 17.0 Å². The molecule has 0 radical (unpaired) electrons. The van der Waals surface area contributed by atoms with Crippen LogP contribution < -0.4 is 15.8 Å². The summed E-state index contributed by atoms with van der Waals surface area (Å²) < 4.78 is 5.18. The van der Waals surface area contributed by atoms with Crippen LogP contribution in [0.3, 0.4) is 0 Å². The summed E-state index contributed by atoms with van der Waals surface area (Å²) in [5, 5.41) is 2.22. The van der Waals surface area contributed by atoms with Crippen LogP contribution in [-0.4, -0.2) is 41.0 Å². The van der Waals surface area contributed by atoms with Gasteiger partial charge in [0.05, 0.1) is 4.91 Å². The van der Waals surface area contributed by atoms with Crippen LogP contribution in [-0.2, 0) is 14.4 Å². The van der Waals surface area contributed by atoms with Gasteiger partial charge < -0.3 is 15.8 Å². The number of nitrogens with one attached hydrogen (secondary N) is 1. The lowest BCUT2D eigenvalue weighted by molar-refractivity contribution is -0.127. The number of hydrogen-bond acceptors (Lipinski definition) is 6. The molecule has 0 unspecified atom stereocenters. The molecule has 0 bridgehead atoms. The molecule has 2 aromatic carbocycles. The van der Waals surface area contributed by atoms with Gasteiger partial charge in [-0.25, -0.2) is 0 Å². The molecule has 2 aromatic rings. The van der Waals surface area contributed by atoms with Crippen LogP contribution in [0.25, 0.3) is 6.08 Å². The summed E-state index contributed by atoms with van der Waals surface area (Å²) in [6, 6.07) is 12.2. The lowest BCUT2D eigenvalue weighted by atomic mass is 10.1. The van der Waals surface area contributed by atoms with Crippen molar-refractivity contribution in [2.75, 3.05) is 18.5 Å². The lowest BCUT2D eigenvalue weighted by Crippen LogP contribution is -2.36. The zero-order chi connectivity index (χ0) is 22.5. The standard InChI is InChI=1S/C22H21N3O5S/c1-13-7-14(2)9-16(8-13)24-20(27)11-25-21(28)18(31-22(25)29)10-15-3-5-17(6-4-15)30-12-19(23)26/h3-10H,11-12H2,1-2H3,(H2,23,26)(H,24,27)/b18-10-. The number of amides is 4. The Morgan fingerprint density at radius 3 is 2.35 bits per heavy atom. The van der Waals surface area contributed by atoms with Crippen molar-refractivity contribution in [3.63, 3.8) is 0 Å². The molecule has 3 rings (SSSR count). The van der Waals surface area contributed by atoms with Crippen molar-refractivity contribution in [1.82, 2.24) is 4.90 Å². The van der Waals surface area contributed by atoms with E-state index in [1.807, 2.05) is 32.0 Å². The highest BCUT2D eigenvalue weighted by Gasteiger charge is 2.36. The van der Waals surface area contributed by atoms with Gasteiger partial charge in [-0.15, -0.1) is 0 Å². The van der Waals surface area contributed by atoms with E-state index in [1.54, 1.807) is 30.3 Å². The van der Waals surface area contributed by atoms with Gasteiger partial charge in [0.1, 0.15) is 12.3 Å². The van der Waals surface area contributed by atoms with Gasteiger partial charge in [0, 0.05) is 5.69 Å². The molecule has 1 aliphatic heterocycles. The van der Waals surface area contributed by atoms with Crippen molar-refractivity contribution in [3.05, 3.63) is 64.1 Å². The Hall–Kier alpha value is -3.59. The number of rotatable bonds is 7. The molecule has 1 heterocycles. The molecular weight excluding hydrogens is 418 g/mol. The van der Waals surface area contributed by atoms with Crippen LogP contribution in [0.2, 0.25) is 0 Å². The highest BCUT2D eigenvalue weighted by molar-refractivity contribution is 8.18. The number of anilines is 1. The molecule has 9 heteroatoms. The second-order valence-electron chi connectivity index (χ2n) is 7.02. The van der Waals surface area contributed by atoms with E-state index in [2.05, 4.69) is 5.32 Å². The minimum absolute atomic E-state index is 0.218. The summed E-state index contributed by atoms with van der Waals surface area (Å²) >= 11 is 0.774. The molecule has 3 N–H and O–H groups in total. The summed E-state index contributed by atoms with van der Waals surface area (Å²) in [7, 11) is 0. The Morgan fingerprint density at radius 1 is 1.10 bits per heavy atom. The van der Waals surface area contributed by atoms with Gasteiger partial charge in [-0.2, -0.15) is 0 Å². The normalized spacial score (nSPS) is 14.8. The summed E-state index contributed by atoms with van der Waals surface area (Å²) in [5.74, 6) is -1.12. The van der Waals surface area contributed by atoms with E-state index < -0.39 is 23.0 Å². The Bertz CT molecular complexity index is 1060. The zero-order valence-corrected chi connectivity index (χ0v) is 17.8. The molecule has 0 spiro atoms. The molecule has 0 atom stereocenters. The van der Waals surface area contributed by atoms with Crippen LogP contribution in [0.4, 0.5) is 10.5 Å². The van der Waals surface area contributed by atoms with Crippen LogP contribution in [0, 0.1) is 13.8 Å². The van der Waals surface area contributed by atoms with Gasteiger partial charge in [-0.05, 0) is 72.6 Å². The number of nitrogens with zero attached hydrogens (tertiary/aromatic N) is 1. The van der Waals surface area contributed by atoms with Crippen LogP contribution in [0.5, 0.6) is 5.75 Å². The lowest BCUT2D eigenvalue weighted by Gasteiger charge is -2.13. The van der Waals surface area contributed by atoms with Gasteiger partial charge in [-0.3, -0.25) is 24.1 Å². The fraction of sp³-hybridized carbons (Fsp3) is 0.182. The molecule has 31 heavy (non-hydrogen) atoms. The molecular formula is C22H21N3O5S. The SMILES string of the molecule is Cc1cc(C)cc(NC(=O)CN2C(=O)S/C(=C\c3ccc(OCC(N)=O)cc3)C2=O)c1. The minimum atomic E-state index is -0.584. The third-order valence-electron chi connectivity index (χ3n) is 4.24. The van der Waals surface area contributed by atoms with Gasteiger partial charge in [0.25, 0.3) is 17.1 Å². The smallest absolute Gasteiger partial charge is 0.294 e. The quantitative estimate of drug-likeness (QED) is 0.641. The number of benzene rings is 2. The number of carbonyl (C=O) groups excluding carboxylic acids is 4. The topological polar surface area (TPSA) is 119 Å². The van der Waals surface area contributed by atoms with Crippen LogP contribution in [0.15, 0.2) is 47.4 Å². The first-order valence-corrected chi connectivity index (χ1v) is 10.2. The first-order chi connectivity index (χ1) is 14.7. The Balaban J connectivity index is 1.64. The molecule has 1 aliphatic rings. The molecule has 1 fully saturated rings. The summed E-state index contributed by atoms with van der Waals surface area (Å²) in [5.41, 5.74) is 8.30. The third-order valence-corrected chi connectivity index (χ3v) is 5.15. The molecule has 0 aromatic heterocycles. The highest BCUT2D eigenvalue weighted by atomic mass is 32.2. The fourth-order valence-corrected chi connectivity index (χ4v) is 3.83. The van der Waals surface area contributed by atoms with E-state index in [0.717, 1.165) is 27.8 Å². The number of thioether (sulfide) groups is 1. The first-order valence-electron chi connectivity index (χ1n) is 9.36. The van der Waals surface area contributed by atoms with Crippen LogP contribution in [0.1, 0.15) is 16.7 Å². The predicted molar refractivity (Wildman–Crippen MR) is 118 cm³/mol. The number of hydrogen-bond donors (Lipinski definition) is 2. The van der Waals surface area contributed by atoms with Crippen molar-refractivity contribution in [2.24, 2.45) is 5.73 Å². The number of imide groups is 1. The Morgan fingerprint density at radius 2 is 1.74 bits per heavy atom. The van der Waals surface area contributed by atoms with E-state index in [-0.39, 0.29) is 18.1 Å². The maximum Gasteiger partial charge on any atom is 0.294 e. The average Bonchev–Trinajstić information content (AvgIpc) is 2.94. The third kappa shape index (κ3) is 5.95. The number of primary amides is 1. The second-order valence-corrected chi connectivity index (χ2v) is 8.01. The monoisotopic (exact) mass is 439 g/mol. The number of ether oxygens (including phenoxy) is 1. The van der Waals surface area contributed by atoms with E-state index >= 15 is 0 Å². The van der Waals surface area contributed by atoms with Crippen molar-refractivity contribution in [2.45, 2.75) is 13.8 Å². The zero-order valence-electron chi connectivity index (χ0n) is 17.0. The minimum Gasteiger partial charge on any atom is -0.484 e. The van der Waals surface area contributed by atoms with E-state index in [4.69, 9.17) is 10.5 Å². The van der Waals surface area contributed by atoms with Crippen molar-refractivity contribution in [3.8, 4) is 5.75 Å². The van der Waals surface area contributed by atoms with Crippen molar-refractivity contribution < 1.29 is 23.9 Å². The van der Waals surface area contributed by atoms with Crippen molar-refractivity contribution in [1.29, 1.82) is 0 Å². The maximum atomic E-state index is 12.6. The predicted octanol–water partition coefficient (Wildman–Crippen LogP) is 2.84. The van der Waals surface area contributed by atoms with Crippen LogP contribution >= 0.6 is 11.8 Å². The largest absolute Gasteiger partial charge is 0.484 e. The molecule has 0 aliphatic carbocycles. The van der Waals surface area contributed by atoms with Gasteiger partial charge in [0.2, 0.25) is 5.91 Å². The molecule has 8 nitrogen and oxygen atoms in total. The summed E-state index contributed by atoms with van der Waals surface area (Å²) in [6.45, 7) is 3.23. The summed E-state index contributed by atoms with van der Waals surface area (Å²) in [6.07, 6.45) is 1.56. The maximum absolute atomic E-state index is 12.6. The summed E-state index contributed by atoms with van der Waals surface area (Å²) in [4.78, 5) is 49.1. The Labute approximate surface area is 183 Å². The van der Waals surface area contributed by atoms with E-state index in [9.17, 15) is 19.2 Å². The number of nitrogens with two attached hydrogens (primary N) is 1. The van der Waals surface area contributed by atoms with Gasteiger partial charge in [0.15, 0.2) is 6.61 Å². The Kier molecular flexibility index (Phi) is 6.76. The highest BCUT2D eigenvalue weighted by Crippen LogP contribution is 2.32. The first kappa shape index (κ1) is 22.1. The number of carbonyl (C=O) groups is 4. The number of aryl methyl sites for hydroxylation is 2. The molecule has 4 amide bonds. The molecule has 0 saturated carbocycles. The van der Waals surface area contributed by atoms with Gasteiger partial charge >= 0.3 is 0 Å². The molecule has 160 valence electrons. The van der Waals surface area contributed by atoms with Crippen molar-refractivity contribution >= 4 is 46.5 Å².